The third kappa shape index (κ3) is 2.72. The van der Waals surface area contributed by atoms with E-state index in [-0.39, 0.29) is 23.7 Å². The molecule has 76 valence electrons. The van der Waals surface area contributed by atoms with E-state index in [1.165, 1.54) is 29.7 Å². The van der Waals surface area contributed by atoms with Crippen molar-refractivity contribution in [1.29, 1.82) is 0 Å². The molecule has 0 spiro atoms. The number of hydrogen-bond donors (Lipinski definition) is 3. The number of halogens is 1. The SMILES string of the molecule is Cl.O=C(NO)C(=O)c1ccc(O)cc1. The number of Topliss-reactive ketones (excluding diaryl/α,β-unsaturated/α-hetero) is 1. The van der Waals surface area contributed by atoms with Crippen molar-refractivity contribution in [3.8, 4) is 5.75 Å². The van der Waals surface area contributed by atoms with Gasteiger partial charge in [0.2, 0.25) is 0 Å². The van der Waals surface area contributed by atoms with Crippen LogP contribution in [0.4, 0.5) is 0 Å². The summed E-state index contributed by atoms with van der Waals surface area (Å²) in [5, 5.41) is 17.0. The maximum absolute atomic E-state index is 11.0. The van der Waals surface area contributed by atoms with Crippen LogP contribution in [0.1, 0.15) is 10.4 Å². The first-order chi connectivity index (χ1) is 6.15. The van der Waals surface area contributed by atoms with Gasteiger partial charge < -0.3 is 5.11 Å². The summed E-state index contributed by atoms with van der Waals surface area (Å²) in [6.45, 7) is 0. The topological polar surface area (TPSA) is 86.6 Å². The molecule has 1 aromatic rings. The normalized spacial score (nSPS) is 8.64. The van der Waals surface area contributed by atoms with E-state index in [1.54, 1.807) is 0 Å². The zero-order valence-electron chi connectivity index (χ0n) is 6.93. The van der Waals surface area contributed by atoms with E-state index in [2.05, 4.69) is 0 Å². The zero-order valence-corrected chi connectivity index (χ0v) is 7.75. The molecule has 6 heteroatoms. The maximum Gasteiger partial charge on any atom is 0.315 e. The highest BCUT2D eigenvalue weighted by Gasteiger charge is 2.14. The Bertz CT molecular complexity index is 336. The van der Waals surface area contributed by atoms with Crippen molar-refractivity contribution in [3.05, 3.63) is 29.8 Å². The standard InChI is InChI=1S/C8H7NO4.ClH/c10-6-3-1-5(2-4-6)7(11)8(12)9-13;/h1-4,10,13H,(H,9,12);1H. The average Bonchev–Trinajstić information content (AvgIpc) is 2.17. The molecule has 0 aliphatic carbocycles. The van der Waals surface area contributed by atoms with E-state index in [0.717, 1.165) is 0 Å². The number of ketones is 1. The number of phenolic OH excluding ortho intramolecular Hbond substituents is 1. The van der Waals surface area contributed by atoms with Gasteiger partial charge in [-0.1, -0.05) is 0 Å². The lowest BCUT2D eigenvalue weighted by molar-refractivity contribution is -0.124. The molecule has 0 aliphatic rings. The van der Waals surface area contributed by atoms with Gasteiger partial charge in [0.05, 0.1) is 0 Å². The van der Waals surface area contributed by atoms with Crippen molar-refractivity contribution in [2.24, 2.45) is 0 Å². The van der Waals surface area contributed by atoms with Crippen LogP contribution in [0.25, 0.3) is 0 Å². The molecule has 0 heterocycles. The molecule has 5 nitrogen and oxygen atoms in total. The van der Waals surface area contributed by atoms with Gasteiger partial charge >= 0.3 is 5.91 Å². The average molecular weight is 218 g/mol. The Morgan fingerprint density at radius 1 is 1.14 bits per heavy atom. The second kappa shape index (κ2) is 5.21. The van der Waals surface area contributed by atoms with Gasteiger partial charge in [-0.2, -0.15) is 0 Å². The molecular weight excluding hydrogens is 210 g/mol. The summed E-state index contributed by atoms with van der Waals surface area (Å²) in [6.07, 6.45) is 0. The van der Waals surface area contributed by atoms with Gasteiger partial charge in [-0.25, -0.2) is 5.48 Å². The molecule has 0 aromatic heterocycles. The second-order valence-electron chi connectivity index (χ2n) is 2.32. The van der Waals surface area contributed by atoms with Gasteiger partial charge in [-0.05, 0) is 24.3 Å². The molecule has 1 rings (SSSR count). The molecule has 0 fully saturated rings. The molecular formula is C8H8ClNO4. The molecule has 0 unspecified atom stereocenters. The molecule has 14 heavy (non-hydrogen) atoms. The fourth-order valence-corrected chi connectivity index (χ4v) is 0.795. The Morgan fingerprint density at radius 2 is 1.64 bits per heavy atom. The number of hydroxylamine groups is 1. The van der Waals surface area contributed by atoms with Crippen molar-refractivity contribution < 1.29 is 19.9 Å². The fraction of sp³-hybridized carbons (Fsp3) is 0. The third-order valence-electron chi connectivity index (χ3n) is 1.44. The number of rotatable bonds is 2. The number of carbonyl (C=O) groups excluding carboxylic acids is 2. The molecule has 1 aromatic carbocycles. The Balaban J connectivity index is 0.00000169. The van der Waals surface area contributed by atoms with E-state index in [1.807, 2.05) is 0 Å². The van der Waals surface area contributed by atoms with E-state index < -0.39 is 11.7 Å². The van der Waals surface area contributed by atoms with E-state index in [9.17, 15) is 9.59 Å². The van der Waals surface area contributed by atoms with Crippen LogP contribution in [0.15, 0.2) is 24.3 Å². The van der Waals surface area contributed by atoms with Gasteiger partial charge in [0, 0.05) is 5.56 Å². The molecule has 0 atom stereocenters. The summed E-state index contributed by atoms with van der Waals surface area (Å²) in [5.41, 5.74) is 1.33. The van der Waals surface area contributed by atoms with Crippen LogP contribution in [-0.4, -0.2) is 22.0 Å². The van der Waals surface area contributed by atoms with Crippen LogP contribution in [0.5, 0.6) is 5.75 Å². The minimum absolute atomic E-state index is 0. The predicted molar refractivity (Wildman–Crippen MR) is 49.6 cm³/mol. The van der Waals surface area contributed by atoms with E-state index in [0.29, 0.717) is 0 Å². The summed E-state index contributed by atoms with van der Waals surface area (Å²) in [5.74, 6) is -1.96. The summed E-state index contributed by atoms with van der Waals surface area (Å²) in [6, 6.07) is 5.12. The molecule has 0 saturated heterocycles. The number of aromatic hydroxyl groups is 1. The summed E-state index contributed by atoms with van der Waals surface area (Å²) in [7, 11) is 0. The van der Waals surface area contributed by atoms with Crippen LogP contribution < -0.4 is 5.48 Å². The van der Waals surface area contributed by atoms with Crippen LogP contribution in [-0.2, 0) is 4.79 Å². The van der Waals surface area contributed by atoms with E-state index in [4.69, 9.17) is 10.3 Å². The molecule has 1 amide bonds. The van der Waals surface area contributed by atoms with Crippen molar-refractivity contribution in [3.63, 3.8) is 0 Å². The Morgan fingerprint density at radius 3 is 2.07 bits per heavy atom. The van der Waals surface area contributed by atoms with Crippen LogP contribution in [0.3, 0.4) is 0 Å². The Hall–Kier alpha value is -1.59. The Labute approximate surface area is 85.7 Å². The predicted octanol–water partition coefficient (Wildman–Crippen LogP) is 0.502. The minimum Gasteiger partial charge on any atom is -0.508 e. The lowest BCUT2D eigenvalue weighted by Crippen LogP contribution is -2.27. The Kier molecular flexibility index (Phi) is 4.62. The highest BCUT2D eigenvalue weighted by molar-refractivity contribution is 6.42. The first-order valence-electron chi connectivity index (χ1n) is 3.43. The minimum atomic E-state index is -1.11. The highest BCUT2D eigenvalue weighted by Crippen LogP contribution is 2.09. The number of benzene rings is 1. The highest BCUT2D eigenvalue weighted by atomic mass is 35.5. The second-order valence-corrected chi connectivity index (χ2v) is 2.32. The number of phenols is 1. The van der Waals surface area contributed by atoms with Gasteiger partial charge in [-0.15, -0.1) is 12.4 Å². The summed E-state index contributed by atoms with van der Waals surface area (Å²) >= 11 is 0. The largest absolute Gasteiger partial charge is 0.508 e. The first-order valence-corrected chi connectivity index (χ1v) is 3.43. The molecule has 0 radical (unpaired) electrons. The van der Waals surface area contributed by atoms with Crippen molar-refractivity contribution >= 4 is 24.1 Å². The maximum atomic E-state index is 11.0. The van der Waals surface area contributed by atoms with Crippen molar-refractivity contribution in [2.75, 3.05) is 0 Å². The molecule has 0 bridgehead atoms. The molecule has 0 saturated carbocycles. The van der Waals surface area contributed by atoms with Crippen LogP contribution in [0.2, 0.25) is 0 Å². The van der Waals surface area contributed by atoms with Crippen molar-refractivity contribution in [1.82, 2.24) is 5.48 Å². The van der Waals surface area contributed by atoms with Gasteiger partial charge in [0.15, 0.2) is 0 Å². The number of nitrogens with one attached hydrogen (secondary N) is 1. The summed E-state index contributed by atoms with van der Waals surface area (Å²) in [4.78, 5) is 21.7. The van der Waals surface area contributed by atoms with Gasteiger partial charge in [0.1, 0.15) is 5.75 Å². The number of hydrogen-bond acceptors (Lipinski definition) is 4. The monoisotopic (exact) mass is 217 g/mol. The quantitative estimate of drug-likeness (QED) is 0.291. The molecule has 3 N–H and O–H groups in total. The zero-order chi connectivity index (χ0) is 9.84. The van der Waals surface area contributed by atoms with Crippen molar-refractivity contribution in [2.45, 2.75) is 0 Å². The van der Waals surface area contributed by atoms with E-state index >= 15 is 0 Å². The van der Waals surface area contributed by atoms with Gasteiger partial charge in [0.25, 0.3) is 5.78 Å². The fourth-order valence-electron chi connectivity index (χ4n) is 0.795. The van der Waals surface area contributed by atoms with Crippen LogP contribution in [0, 0.1) is 0 Å². The summed E-state index contributed by atoms with van der Waals surface area (Å²) < 4.78 is 0. The van der Waals surface area contributed by atoms with Gasteiger partial charge in [-0.3, -0.25) is 14.8 Å². The first kappa shape index (κ1) is 12.4. The van der Waals surface area contributed by atoms with Crippen LogP contribution >= 0.6 is 12.4 Å². The third-order valence-corrected chi connectivity index (χ3v) is 1.44. The smallest absolute Gasteiger partial charge is 0.315 e. The molecule has 0 aliphatic heterocycles. The number of amides is 1. The lowest BCUT2D eigenvalue weighted by Gasteiger charge is -1.97. The lowest BCUT2D eigenvalue weighted by atomic mass is 10.1. The number of carbonyl (C=O) groups is 2.